The van der Waals surface area contributed by atoms with E-state index in [0.29, 0.717) is 0 Å². The smallest absolute Gasteiger partial charge is 0.227 e. The highest BCUT2D eigenvalue weighted by atomic mass is 16.2. The minimum Gasteiger partial charge on any atom is -0.326 e. The zero-order valence-electron chi connectivity index (χ0n) is 13.8. The minimum absolute atomic E-state index is 0.0438. The number of rotatable bonds is 4. The lowest BCUT2D eigenvalue weighted by molar-refractivity contribution is -0.120. The van der Waals surface area contributed by atoms with E-state index in [-0.39, 0.29) is 23.7 Å². The molecule has 2 N–H and O–H groups in total. The van der Waals surface area contributed by atoms with Crippen LogP contribution < -0.4 is 10.6 Å². The van der Waals surface area contributed by atoms with E-state index < -0.39 is 0 Å². The van der Waals surface area contributed by atoms with Gasteiger partial charge in [-0.25, -0.2) is 0 Å². The van der Waals surface area contributed by atoms with Gasteiger partial charge >= 0.3 is 0 Å². The van der Waals surface area contributed by atoms with E-state index in [4.69, 9.17) is 0 Å². The van der Waals surface area contributed by atoms with Crippen molar-refractivity contribution in [3.63, 3.8) is 0 Å². The van der Waals surface area contributed by atoms with E-state index in [0.717, 1.165) is 49.9 Å². The second-order valence-electron chi connectivity index (χ2n) is 6.52. The van der Waals surface area contributed by atoms with Gasteiger partial charge in [0.05, 0.1) is 0 Å². The number of anilines is 2. The quantitative estimate of drug-likeness (QED) is 0.812. The standard InChI is InChI=1S/C20H24N2O2/c23-19(15-8-3-1-4-9-15)21-17-12-7-13-18(14-17)22-20(24)16-10-5-2-6-11-16/h1-3,5,7,12-16H,4,6,8-11H2,(H,21,23)(H,22,24). The Morgan fingerprint density at radius 1 is 0.792 bits per heavy atom. The maximum absolute atomic E-state index is 12.3. The molecule has 2 aliphatic carbocycles. The largest absolute Gasteiger partial charge is 0.326 e. The van der Waals surface area contributed by atoms with Gasteiger partial charge in [-0.05, 0) is 56.7 Å². The molecule has 0 fully saturated rings. The third-order valence-electron chi connectivity index (χ3n) is 4.68. The monoisotopic (exact) mass is 324 g/mol. The van der Waals surface area contributed by atoms with E-state index in [9.17, 15) is 9.59 Å². The fraction of sp³-hybridized carbons (Fsp3) is 0.400. The topological polar surface area (TPSA) is 58.2 Å². The van der Waals surface area contributed by atoms with Crippen LogP contribution in [-0.2, 0) is 9.59 Å². The summed E-state index contributed by atoms with van der Waals surface area (Å²) in [6.07, 6.45) is 13.7. The summed E-state index contributed by atoms with van der Waals surface area (Å²) < 4.78 is 0. The summed E-state index contributed by atoms with van der Waals surface area (Å²) in [6, 6.07) is 7.39. The van der Waals surface area contributed by atoms with Gasteiger partial charge in [-0.1, -0.05) is 30.4 Å². The van der Waals surface area contributed by atoms with E-state index in [1.165, 1.54) is 0 Å². The van der Waals surface area contributed by atoms with Crippen LogP contribution in [0.4, 0.5) is 11.4 Å². The van der Waals surface area contributed by atoms with Crippen LogP contribution in [0.2, 0.25) is 0 Å². The first-order valence-corrected chi connectivity index (χ1v) is 8.74. The van der Waals surface area contributed by atoms with E-state index >= 15 is 0 Å². The molecule has 126 valence electrons. The van der Waals surface area contributed by atoms with Crippen LogP contribution in [0.25, 0.3) is 0 Å². The Labute approximate surface area is 143 Å². The molecule has 2 amide bonds. The Balaban J connectivity index is 1.59. The number of amides is 2. The maximum atomic E-state index is 12.3. The summed E-state index contributed by atoms with van der Waals surface area (Å²) >= 11 is 0. The Morgan fingerprint density at radius 2 is 1.29 bits per heavy atom. The Hall–Kier alpha value is -2.36. The van der Waals surface area contributed by atoms with E-state index in [2.05, 4.69) is 34.9 Å². The second kappa shape index (κ2) is 7.95. The van der Waals surface area contributed by atoms with Crippen molar-refractivity contribution in [2.24, 2.45) is 11.8 Å². The Morgan fingerprint density at radius 3 is 1.71 bits per heavy atom. The van der Waals surface area contributed by atoms with Crippen molar-refractivity contribution in [3.8, 4) is 0 Å². The SMILES string of the molecule is O=C(Nc1cccc(NC(=O)C2CC=CCC2)c1)C1CC=CCC1. The molecular weight excluding hydrogens is 300 g/mol. The van der Waals surface area contributed by atoms with Gasteiger partial charge in [-0.15, -0.1) is 0 Å². The number of allylic oxidation sites excluding steroid dienone is 4. The molecule has 0 heterocycles. The molecule has 2 unspecified atom stereocenters. The average Bonchev–Trinajstić information content (AvgIpc) is 2.63. The summed E-state index contributed by atoms with van der Waals surface area (Å²) in [6.45, 7) is 0. The number of hydrogen-bond acceptors (Lipinski definition) is 2. The van der Waals surface area contributed by atoms with Gasteiger partial charge < -0.3 is 10.6 Å². The van der Waals surface area contributed by atoms with Crippen molar-refractivity contribution in [2.75, 3.05) is 10.6 Å². The summed E-state index contributed by atoms with van der Waals surface area (Å²) in [5, 5.41) is 5.94. The summed E-state index contributed by atoms with van der Waals surface area (Å²) in [5.74, 6) is 0.199. The van der Waals surface area contributed by atoms with Gasteiger partial charge in [-0.3, -0.25) is 9.59 Å². The highest BCUT2D eigenvalue weighted by Gasteiger charge is 2.20. The molecule has 0 saturated heterocycles. The van der Waals surface area contributed by atoms with Crippen LogP contribution in [0.5, 0.6) is 0 Å². The number of carbonyl (C=O) groups is 2. The van der Waals surface area contributed by atoms with Crippen LogP contribution in [0.15, 0.2) is 48.6 Å². The normalized spacial score (nSPS) is 22.8. The first-order valence-electron chi connectivity index (χ1n) is 8.74. The molecule has 1 aromatic rings. The van der Waals surface area contributed by atoms with Gasteiger partial charge in [0.25, 0.3) is 0 Å². The van der Waals surface area contributed by atoms with Gasteiger partial charge in [0, 0.05) is 23.2 Å². The van der Waals surface area contributed by atoms with Gasteiger partial charge in [0.15, 0.2) is 0 Å². The fourth-order valence-electron chi connectivity index (χ4n) is 3.23. The second-order valence-corrected chi connectivity index (χ2v) is 6.52. The minimum atomic E-state index is 0.0438. The molecule has 0 radical (unpaired) electrons. The molecule has 0 aromatic heterocycles. The molecule has 24 heavy (non-hydrogen) atoms. The van der Waals surface area contributed by atoms with Crippen LogP contribution in [0.3, 0.4) is 0 Å². The zero-order valence-corrected chi connectivity index (χ0v) is 13.8. The van der Waals surface area contributed by atoms with Crippen LogP contribution in [0, 0.1) is 11.8 Å². The van der Waals surface area contributed by atoms with Crippen molar-refractivity contribution in [1.82, 2.24) is 0 Å². The molecule has 1 aromatic carbocycles. The Kier molecular flexibility index (Phi) is 5.47. The fourth-order valence-corrected chi connectivity index (χ4v) is 3.23. The molecule has 0 spiro atoms. The predicted octanol–water partition coefficient (Wildman–Crippen LogP) is 4.28. The highest BCUT2D eigenvalue weighted by Crippen LogP contribution is 2.23. The third kappa shape index (κ3) is 4.34. The van der Waals surface area contributed by atoms with Gasteiger partial charge in [-0.2, -0.15) is 0 Å². The molecule has 4 heteroatoms. The third-order valence-corrected chi connectivity index (χ3v) is 4.68. The molecule has 2 atom stereocenters. The van der Waals surface area contributed by atoms with Gasteiger partial charge in [0.1, 0.15) is 0 Å². The molecule has 3 rings (SSSR count). The first kappa shape index (κ1) is 16.5. The van der Waals surface area contributed by atoms with Crippen LogP contribution in [-0.4, -0.2) is 11.8 Å². The molecule has 0 aliphatic heterocycles. The summed E-state index contributed by atoms with van der Waals surface area (Å²) in [4.78, 5) is 24.6. The lowest BCUT2D eigenvalue weighted by Gasteiger charge is -2.19. The van der Waals surface area contributed by atoms with Crippen molar-refractivity contribution < 1.29 is 9.59 Å². The van der Waals surface area contributed by atoms with Crippen molar-refractivity contribution in [3.05, 3.63) is 48.6 Å². The van der Waals surface area contributed by atoms with Crippen LogP contribution >= 0.6 is 0 Å². The van der Waals surface area contributed by atoms with Gasteiger partial charge in [0.2, 0.25) is 11.8 Å². The Bertz CT molecular complexity index is 610. The molecule has 4 nitrogen and oxygen atoms in total. The molecule has 0 saturated carbocycles. The lowest BCUT2D eigenvalue weighted by atomic mass is 9.93. The zero-order chi connectivity index (χ0) is 16.8. The number of hydrogen-bond donors (Lipinski definition) is 2. The predicted molar refractivity (Wildman–Crippen MR) is 96.7 cm³/mol. The molecular formula is C20H24N2O2. The summed E-state index contributed by atoms with van der Waals surface area (Å²) in [7, 11) is 0. The maximum Gasteiger partial charge on any atom is 0.227 e. The van der Waals surface area contributed by atoms with Crippen molar-refractivity contribution in [1.29, 1.82) is 0 Å². The molecule has 2 aliphatic rings. The number of benzene rings is 1. The number of carbonyl (C=O) groups excluding carboxylic acids is 2. The average molecular weight is 324 g/mol. The van der Waals surface area contributed by atoms with Crippen molar-refractivity contribution in [2.45, 2.75) is 38.5 Å². The highest BCUT2D eigenvalue weighted by molar-refractivity contribution is 5.95. The lowest BCUT2D eigenvalue weighted by Crippen LogP contribution is -2.24. The van der Waals surface area contributed by atoms with Crippen molar-refractivity contribution >= 4 is 23.2 Å². The van der Waals surface area contributed by atoms with E-state index in [1.54, 1.807) is 0 Å². The van der Waals surface area contributed by atoms with Crippen LogP contribution in [0.1, 0.15) is 38.5 Å². The molecule has 0 bridgehead atoms. The first-order chi connectivity index (χ1) is 11.7. The summed E-state index contributed by atoms with van der Waals surface area (Å²) in [5.41, 5.74) is 1.46. The van der Waals surface area contributed by atoms with E-state index in [1.807, 2.05) is 24.3 Å². The number of nitrogens with one attached hydrogen (secondary N) is 2.